The minimum Gasteiger partial charge on any atom is -0.497 e. The molecule has 5 heteroatoms. The number of hydrogen-bond acceptors (Lipinski definition) is 3. The zero-order valence-electron chi connectivity index (χ0n) is 11.1. The van der Waals surface area contributed by atoms with Crippen molar-refractivity contribution in [1.29, 1.82) is 0 Å². The van der Waals surface area contributed by atoms with Gasteiger partial charge in [0.05, 0.1) is 18.2 Å². The maximum absolute atomic E-state index is 6.01. The standard InChI is InChI=1S/C15H16BrClN2O/c1-20-12-4-2-3-11(8-12)19-15(9-18)10-5-6-14(17)13(16)7-10/h2-8,15,19H,9,18H2,1H3. The first kappa shape index (κ1) is 15.2. The Bertz CT molecular complexity index is 592. The largest absolute Gasteiger partial charge is 0.497 e. The Labute approximate surface area is 132 Å². The summed E-state index contributed by atoms with van der Waals surface area (Å²) in [5.74, 6) is 0.808. The third-order valence-electron chi connectivity index (χ3n) is 2.99. The van der Waals surface area contributed by atoms with Crippen LogP contribution in [-0.4, -0.2) is 13.7 Å². The van der Waals surface area contributed by atoms with E-state index in [4.69, 9.17) is 22.1 Å². The van der Waals surface area contributed by atoms with Crippen molar-refractivity contribution in [3.63, 3.8) is 0 Å². The van der Waals surface area contributed by atoms with Crippen LogP contribution in [0, 0.1) is 0 Å². The number of rotatable bonds is 5. The van der Waals surface area contributed by atoms with Crippen molar-refractivity contribution in [2.75, 3.05) is 19.0 Å². The van der Waals surface area contributed by atoms with E-state index in [1.807, 2.05) is 42.5 Å². The smallest absolute Gasteiger partial charge is 0.120 e. The van der Waals surface area contributed by atoms with Gasteiger partial charge < -0.3 is 15.8 Å². The number of hydrogen-bond donors (Lipinski definition) is 2. The summed E-state index contributed by atoms with van der Waals surface area (Å²) in [5, 5.41) is 4.08. The van der Waals surface area contributed by atoms with Gasteiger partial charge >= 0.3 is 0 Å². The van der Waals surface area contributed by atoms with Crippen LogP contribution in [-0.2, 0) is 0 Å². The number of methoxy groups -OCH3 is 1. The Morgan fingerprint density at radius 1 is 1.30 bits per heavy atom. The first-order valence-corrected chi connectivity index (χ1v) is 7.36. The van der Waals surface area contributed by atoms with Crippen LogP contribution < -0.4 is 15.8 Å². The molecule has 0 saturated heterocycles. The second kappa shape index (κ2) is 6.97. The molecule has 2 rings (SSSR count). The summed E-state index contributed by atoms with van der Waals surface area (Å²) in [4.78, 5) is 0. The van der Waals surface area contributed by atoms with Crippen molar-refractivity contribution in [2.45, 2.75) is 6.04 Å². The monoisotopic (exact) mass is 354 g/mol. The number of benzene rings is 2. The molecule has 0 fully saturated rings. The molecule has 20 heavy (non-hydrogen) atoms. The lowest BCUT2D eigenvalue weighted by atomic mass is 10.1. The second-order valence-electron chi connectivity index (χ2n) is 4.34. The van der Waals surface area contributed by atoms with Crippen LogP contribution in [0.15, 0.2) is 46.9 Å². The molecular weight excluding hydrogens is 340 g/mol. The Hall–Kier alpha value is -1.23. The molecule has 0 heterocycles. The summed E-state index contributed by atoms with van der Waals surface area (Å²) < 4.78 is 6.08. The van der Waals surface area contributed by atoms with Crippen LogP contribution in [0.25, 0.3) is 0 Å². The van der Waals surface area contributed by atoms with Gasteiger partial charge in [0.15, 0.2) is 0 Å². The van der Waals surface area contributed by atoms with Gasteiger partial charge in [-0.15, -0.1) is 0 Å². The normalized spacial score (nSPS) is 12.0. The van der Waals surface area contributed by atoms with Crippen LogP contribution in [0.1, 0.15) is 11.6 Å². The van der Waals surface area contributed by atoms with E-state index in [1.54, 1.807) is 7.11 Å². The molecule has 3 N–H and O–H groups in total. The first-order valence-electron chi connectivity index (χ1n) is 6.19. The topological polar surface area (TPSA) is 47.3 Å². The summed E-state index contributed by atoms with van der Waals surface area (Å²) in [7, 11) is 1.65. The Morgan fingerprint density at radius 3 is 2.75 bits per heavy atom. The number of nitrogens with two attached hydrogens (primary N) is 1. The number of halogens is 2. The molecule has 3 nitrogen and oxygen atoms in total. The van der Waals surface area contributed by atoms with E-state index in [-0.39, 0.29) is 6.04 Å². The predicted octanol–water partition coefficient (Wildman–Crippen LogP) is 4.22. The fourth-order valence-corrected chi connectivity index (χ4v) is 2.44. The van der Waals surface area contributed by atoms with Gasteiger partial charge in [-0.1, -0.05) is 23.7 Å². The Morgan fingerprint density at radius 2 is 2.10 bits per heavy atom. The van der Waals surface area contributed by atoms with E-state index in [1.165, 1.54) is 0 Å². The highest BCUT2D eigenvalue weighted by atomic mass is 79.9. The molecule has 0 aromatic heterocycles. The third kappa shape index (κ3) is 3.66. The molecule has 0 aliphatic carbocycles. The van der Waals surface area contributed by atoms with E-state index in [2.05, 4.69) is 21.2 Å². The number of nitrogens with one attached hydrogen (secondary N) is 1. The van der Waals surface area contributed by atoms with Gasteiger partial charge in [0.25, 0.3) is 0 Å². The van der Waals surface area contributed by atoms with Gasteiger partial charge in [-0.2, -0.15) is 0 Å². The van der Waals surface area contributed by atoms with E-state index < -0.39 is 0 Å². The number of ether oxygens (including phenoxy) is 1. The van der Waals surface area contributed by atoms with Crippen molar-refractivity contribution in [3.8, 4) is 5.75 Å². The summed E-state index contributed by atoms with van der Waals surface area (Å²) in [6, 6.07) is 13.6. The Kier molecular flexibility index (Phi) is 5.29. The van der Waals surface area contributed by atoms with Crippen LogP contribution in [0.2, 0.25) is 5.02 Å². The molecule has 0 bridgehead atoms. The lowest BCUT2D eigenvalue weighted by molar-refractivity contribution is 0.415. The summed E-state index contributed by atoms with van der Waals surface area (Å²) >= 11 is 9.44. The van der Waals surface area contributed by atoms with Gasteiger partial charge in [0.2, 0.25) is 0 Å². The van der Waals surface area contributed by atoms with Gasteiger partial charge in [-0.3, -0.25) is 0 Å². The minimum atomic E-state index is 0.00988. The maximum atomic E-state index is 6.01. The second-order valence-corrected chi connectivity index (χ2v) is 5.60. The van der Waals surface area contributed by atoms with Gasteiger partial charge in [-0.25, -0.2) is 0 Å². The lowest BCUT2D eigenvalue weighted by Gasteiger charge is -2.19. The lowest BCUT2D eigenvalue weighted by Crippen LogP contribution is -2.20. The molecule has 0 spiro atoms. The average Bonchev–Trinajstić information content (AvgIpc) is 2.48. The van der Waals surface area contributed by atoms with Crippen molar-refractivity contribution in [3.05, 3.63) is 57.5 Å². The number of anilines is 1. The molecule has 2 aromatic carbocycles. The van der Waals surface area contributed by atoms with Crippen molar-refractivity contribution in [2.24, 2.45) is 5.73 Å². The summed E-state index contributed by atoms with van der Waals surface area (Å²) in [6.07, 6.45) is 0. The molecule has 0 amide bonds. The molecule has 106 valence electrons. The zero-order valence-corrected chi connectivity index (χ0v) is 13.4. The summed E-state index contributed by atoms with van der Waals surface area (Å²) in [6.45, 7) is 0.477. The highest BCUT2D eigenvalue weighted by Crippen LogP contribution is 2.28. The van der Waals surface area contributed by atoms with Crippen molar-refractivity contribution >= 4 is 33.2 Å². The SMILES string of the molecule is COc1cccc(NC(CN)c2ccc(Cl)c(Br)c2)c1. The zero-order chi connectivity index (χ0) is 14.5. The first-order chi connectivity index (χ1) is 9.63. The van der Waals surface area contributed by atoms with Gasteiger partial charge in [-0.05, 0) is 45.8 Å². The van der Waals surface area contributed by atoms with Crippen molar-refractivity contribution < 1.29 is 4.74 Å². The molecule has 0 radical (unpaired) electrons. The fourth-order valence-electron chi connectivity index (χ4n) is 1.92. The highest BCUT2D eigenvalue weighted by molar-refractivity contribution is 9.10. The van der Waals surface area contributed by atoms with E-state index in [0.29, 0.717) is 11.6 Å². The predicted molar refractivity (Wildman–Crippen MR) is 87.6 cm³/mol. The van der Waals surface area contributed by atoms with Crippen LogP contribution >= 0.6 is 27.5 Å². The third-order valence-corrected chi connectivity index (χ3v) is 4.21. The molecule has 1 atom stereocenters. The van der Waals surface area contributed by atoms with Crippen LogP contribution in [0.3, 0.4) is 0 Å². The quantitative estimate of drug-likeness (QED) is 0.844. The van der Waals surface area contributed by atoms with E-state index >= 15 is 0 Å². The van der Waals surface area contributed by atoms with Gasteiger partial charge in [0.1, 0.15) is 5.75 Å². The van der Waals surface area contributed by atoms with E-state index in [0.717, 1.165) is 21.5 Å². The average molecular weight is 356 g/mol. The van der Waals surface area contributed by atoms with Crippen LogP contribution in [0.4, 0.5) is 5.69 Å². The van der Waals surface area contributed by atoms with Crippen molar-refractivity contribution in [1.82, 2.24) is 0 Å². The molecule has 0 aliphatic rings. The minimum absolute atomic E-state index is 0.00988. The molecule has 0 aliphatic heterocycles. The molecule has 1 unspecified atom stereocenters. The molecule has 0 saturated carbocycles. The maximum Gasteiger partial charge on any atom is 0.120 e. The van der Waals surface area contributed by atoms with Gasteiger partial charge in [0, 0.05) is 22.8 Å². The van der Waals surface area contributed by atoms with Crippen LogP contribution in [0.5, 0.6) is 5.75 Å². The highest BCUT2D eigenvalue weighted by Gasteiger charge is 2.11. The van der Waals surface area contributed by atoms with E-state index in [9.17, 15) is 0 Å². The fraction of sp³-hybridized carbons (Fsp3) is 0.200. The summed E-state index contributed by atoms with van der Waals surface area (Å²) in [5.41, 5.74) is 7.91. The Balaban J connectivity index is 2.21. The molecule has 2 aromatic rings. The molecular formula is C15H16BrClN2O.